The molecule has 0 aliphatic rings. The van der Waals surface area contributed by atoms with Crippen molar-refractivity contribution in [3.05, 3.63) is 17.0 Å². The number of hydrogen-bond acceptors (Lipinski definition) is 4. The highest BCUT2D eigenvalue weighted by atomic mass is 32.2. The standard InChI is InChI=1S/C10H18N2O2S2/c1-3-4-7-12(2)16(13,14)10-6-5-9(8-11)15-10/h5-6H,3-4,7-8,11H2,1-2H3. The van der Waals surface area contributed by atoms with E-state index >= 15 is 0 Å². The number of nitrogens with zero attached hydrogens (tertiary/aromatic N) is 1. The molecule has 92 valence electrons. The van der Waals surface area contributed by atoms with Crippen molar-refractivity contribution < 1.29 is 8.42 Å². The summed E-state index contributed by atoms with van der Waals surface area (Å²) in [6.07, 6.45) is 1.86. The second-order valence-electron chi connectivity index (χ2n) is 3.60. The van der Waals surface area contributed by atoms with Crippen LogP contribution in [0.4, 0.5) is 0 Å². The van der Waals surface area contributed by atoms with E-state index in [2.05, 4.69) is 0 Å². The van der Waals surface area contributed by atoms with E-state index in [0.29, 0.717) is 17.3 Å². The average molecular weight is 262 g/mol. The van der Waals surface area contributed by atoms with Gasteiger partial charge in [0.15, 0.2) is 0 Å². The third-order valence-electron chi connectivity index (χ3n) is 2.33. The number of rotatable bonds is 6. The van der Waals surface area contributed by atoms with Gasteiger partial charge in [-0.3, -0.25) is 0 Å². The number of sulfonamides is 1. The zero-order valence-electron chi connectivity index (χ0n) is 9.64. The minimum Gasteiger partial charge on any atom is -0.326 e. The van der Waals surface area contributed by atoms with Gasteiger partial charge in [0, 0.05) is 25.0 Å². The lowest BCUT2D eigenvalue weighted by atomic mass is 10.3. The Hall–Kier alpha value is -0.430. The summed E-state index contributed by atoms with van der Waals surface area (Å²) in [5, 5.41) is 0. The molecule has 0 saturated heterocycles. The zero-order chi connectivity index (χ0) is 12.2. The smallest absolute Gasteiger partial charge is 0.252 e. The molecule has 0 radical (unpaired) electrons. The van der Waals surface area contributed by atoms with Gasteiger partial charge in [0.25, 0.3) is 10.0 Å². The summed E-state index contributed by atoms with van der Waals surface area (Å²) < 4.78 is 25.9. The summed E-state index contributed by atoms with van der Waals surface area (Å²) in [4.78, 5) is 0.891. The molecular formula is C10H18N2O2S2. The van der Waals surface area contributed by atoms with E-state index in [1.54, 1.807) is 19.2 Å². The summed E-state index contributed by atoms with van der Waals surface area (Å²) in [6, 6.07) is 3.40. The van der Waals surface area contributed by atoms with Gasteiger partial charge in [0.1, 0.15) is 4.21 Å². The van der Waals surface area contributed by atoms with Crippen LogP contribution in [0.2, 0.25) is 0 Å². The summed E-state index contributed by atoms with van der Waals surface area (Å²) >= 11 is 1.25. The molecule has 0 aliphatic heterocycles. The van der Waals surface area contributed by atoms with Crippen molar-refractivity contribution in [3.63, 3.8) is 0 Å². The van der Waals surface area contributed by atoms with Crippen molar-refractivity contribution in [2.24, 2.45) is 5.73 Å². The van der Waals surface area contributed by atoms with Crippen LogP contribution < -0.4 is 5.73 Å². The molecule has 4 nitrogen and oxygen atoms in total. The summed E-state index contributed by atoms with van der Waals surface area (Å²) in [7, 11) is -1.69. The van der Waals surface area contributed by atoms with Crippen LogP contribution in [-0.4, -0.2) is 26.3 Å². The molecule has 0 aliphatic carbocycles. The van der Waals surface area contributed by atoms with Crippen LogP contribution in [0.1, 0.15) is 24.6 Å². The van der Waals surface area contributed by atoms with Crippen molar-refractivity contribution >= 4 is 21.4 Å². The maximum absolute atomic E-state index is 12.1. The fraction of sp³-hybridized carbons (Fsp3) is 0.600. The van der Waals surface area contributed by atoms with Gasteiger partial charge < -0.3 is 5.73 Å². The molecule has 0 spiro atoms. The molecule has 0 fully saturated rings. The Bertz CT molecular complexity index is 426. The Kier molecular flexibility index (Phi) is 4.91. The lowest BCUT2D eigenvalue weighted by Crippen LogP contribution is -2.27. The minimum atomic E-state index is -3.30. The number of hydrogen-bond donors (Lipinski definition) is 1. The van der Waals surface area contributed by atoms with E-state index < -0.39 is 10.0 Å². The highest BCUT2D eigenvalue weighted by Gasteiger charge is 2.21. The van der Waals surface area contributed by atoms with Crippen LogP contribution in [-0.2, 0) is 16.6 Å². The fourth-order valence-electron chi connectivity index (χ4n) is 1.26. The van der Waals surface area contributed by atoms with Crippen LogP contribution in [0.25, 0.3) is 0 Å². The lowest BCUT2D eigenvalue weighted by molar-refractivity contribution is 0.461. The highest BCUT2D eigenvalue weighted by Crippen LogP contribution is 2.24. The van der Waals surface area contributed by atoms with Gasteiger partial charge in [-0.05, 0) is 18.6 Å². The molecule has 0 unspecified atom stereocenters. The topological polar surface area (TPSA) is 63.4 Å². The van der Waals surface area contributed by atoms with E-state index in [9.17, 15) is 8.42 Å². The summed E-state index contributed by atoms with van der Waals surface area (Å²) in [6.45, 7) is 2.99. The van der Waals surface area contributed by atoms with Gasteiger partial charge in [0.2, 0.25) is 0 Å². The average Bonchev–Trinajstić information content (AvgIpc) is 2.74. The molecule has 1 rings (SSSR count). The second-order valence-corrected chi connectivity index (χ2v) is 7.05. The molecule has 0 atom stereocenters. The van der Waals surface area contributed by atoms with Crippen molar-refractivity contribution in [2.75, 3.05) is 13.6 Å². The maximum Gasteiger partial charge on any atom is 0.252 e. The molecule has 6 heteroatoms. The quantitative estimate of drug-likeness (QED) is 0.847. The summed E-state index contributed by atoms with van der Waals surface area (Å²) in [5.41, 5.74) is 5.46. The largest absolute Gasteiger partial charge is 0.326 e. The van der Waals surface area contributed by atoms with E-state index in [0.717, 1.165) is 17.7 Å². The maximum atomic E-state index is 12.1. The Labute approximate surface area is 101 Å². The zero-order valence-corrected chi connectivity index (χ0v) is 11.3. The number of unbranched alkanes of at least 4 members (excludes halogenated alkanes) is 1. The van der Waals surface area contributed by atoms with Gasteiger partial charge in [-0.1, -0.05) is 13.3 Å². The lowest BCUT2D eigenvalue weighted by Gasteiger charge is -2.15. The highest BCUT2D eigenvalue weighted by molar-refractivity contribution is 7.91. The van der Waals surface area contributed by atoms with Crippen LogP contribution in [0, 0.1) is 0 Å². The van der Waals surface area contributed by atoms with Gasteiger partial charge in [-0.15, -0.1) is 11.3 Å². The first kappa shape index (κ1) is 13.6. The Morgan fingerprint density at radius 2 is 2.12 bits per heavy atom. The minimum absolute atomic E-state index is 0.381. The van der Waals surface area contributed by atoms with Crippen molar-refractivity contribution in [1.82, 2.24) is 4.31 Å². The van der Waals surface area contributed by atoms with Crippen molar-refractivity contribution in [1.29, 1.82) is 0 Å². The van der Waals surface area contributed by atoms with Crippen molar-refractivity contribution in [2.45, 2.75) is 30.5 Å². The molecule has 2 N–H and O–H groups in total. The molecular weight excluding hydrogens is 244 g/mol. The van der Waals surface area contributed by atoms with Crippen LogP contribution in [0.15, 0.2) is 16.3 Å². The molecule has 0 amide bonds. The first-order valence-corrected chi connectivity index (χ1v) is 7.53. The van der Waals surface area contributed by atoms with Gasteiger partial charge >= 0.3 is 0 Å². The second kappa shape index (κ2) is 5.77. The Morgan fingerprint density at radius 1 is 1.44 bits per heavy atom. The Morgan fingerprint density at radius 3 is 2.62 bits per heavy atom. The fourth-order valence-corrected chi connectivity index (χ4v) is 3.92. The molecule has 16 heavy (non-hydrogen) atoms. The normalized spacial score (nSPS) is 12.2. The third-order valence-corrected chi connectivity index (χ3v) is 5.76. The first-order valence-electron chi connectivity index (χ1n) is 5.27. The van der Waals surface area contributed by atoms with E-state index in [4.69, 9.17) is 5.73 Å². The first-order chi connectivity index (χ1) is 7.52. The molecule has 0 bridgehead atoms. The molecule has 1 aromatic heterocycles. The molecule has 1 heterocycles. The van der Waals surface area contributed by atoms with E-state index in [1.165, 1.54) is 15.6 Å². The predicted octanol–water partition coefficient (Wildman–Crippen LogP) is 1.63. The van der Waals surface area contributed by atoms with Gasteiger partial charge in [0.05, 0.1) is 0 Å². The van der Waals surface area contributed by atoms with Gasteiger partial charge in [-0.2, -0.15) is 0 Å². The van der Waals surface area contributed by atoms with Crippen molar-refractivity contribution in [3.8, 4) is 0 Å². The molecule has 1 aromatic rings. The summed E-state index contributed by atoms with van der Waals surface area (Å²) in [5.74, 6) is 0. The van der Waals surface area contributed by atoms with Gasteiger partial charge in [-0.25, -0.2) is 12.7 Å². The SMILES string of the molecule is CCCCN(C)S(=O)(=O)c1ccc(CN)s1. The van der Waals surface area contributed by atoms with E-state index in [1.807, 2.05) is 6.92 Å². The monoisotopic (exact) mass is 262 g/mol. The van der Waals surface area contributed by atoms with Crippen LogP contribution in [0.3, 0.4) is 0 Å². The third kappa shape index (κ3) is 3.04. The van der Waals surface area contributed by atoms with Crippen LogP contribution >= 0.6 is 11.3 Å². The van der Waals surface area contributed by atoms with E-state index in [-0.39, 0.29) is 0 Å². The molecule has 0 aromatic carbocycles. The number of thiophene rings is 1. The molecule has 0 saturated carbocycles. The Balaban J connectivity index is 2.84. The number of nitrogens with two attached hydrogens (primary N) is 1. The van der Waals surface area contributed by atoms with Crippen LogP contribution in [0.5, 0.6) is 0 Å². The predicted molar refractivity (Wildman–Crippen MR) is 66.9 cm³/mol.